The monoisotopic (exact) mass is 411 g/mol. The molecule has 2 N–H and O–H groups in total. The zero-order valence-electron chi connectivity index (χ0n) is 17.7. The molecule has 0 unspecified atom stereocenters. The molecule has 2 heterocycles. The largest absolute Gasteiger partial charge is 0.508 e. The first-order valence-corrected chi connectivity index (χ1v) is 11.2. The highest BCUT2D eigenvalue weighted by atomic mass is 16.3. The van der Waals surface area contributed by atoms with Crippen molar-refractivity contribution < 1.29 is 5.11 Å². The van der Waals surface area contributed by atoms with Gasteiger partial charge in [0, 0.05) is 43.4 Å². The van der Waals surface area contributed by atoms with E-state index in [1.54, 1.807) is 6.07 Å². The number of para-hydroxylation sites is 1. The number of hydrogen-bond acceptors (Lipinski definition) is 4. The third kappa shape index (κ3) is 4.41. The standard InChI is InChI=1S/C27H29N3O/c31-26-14-8-7-13-23(26)25-19-24(22-11-5-2-6-12-22)28-27(29-25)15-17-30(18-16-27)20-21-9-3-1-4-10-21/h1-14,25,29,31H,15-20H2/t25-/m0/s1. The van der Waals surface area contributed by atoms with Crippen molar-refractivity contribution in [3.8, 4) is 5.75 Å². The number of hydrogen-bond donors (Lipinski definition) is 2. The fourth-order valence-corrected chi connectivity index (χ4v) is 4.87. The predicted octanol–water partition coefficient (Wildman–Crippen LogP) is 4.91. The predicted molar refractivity (Wildman–Crippen MR) is 125 cm³/mol. The van der Waals surface area contributed by atoms with Gasteiger partial charge < -0.3 is 5.11 Å². The van der Waals surface area contributed by atoms with Crippen LogP contribution in [-0.4, -0.2) is 34.5 Å². The first kappa shape index (κ1) is 20.0. The summed E-state index contributed by atoms with van der Waals surface area (Å²) in [5.41, 5.74) is 4.33. The fraction of sp³-hybridized carbons (Fsp3) is 0.296. The lowest BCUT2D eigenvalue weighted by Crippen LogP contribution is -2.55. The fourth-order valence-electron chi connectivity index (χ4n) is 4.87. The quantitative estimate of drug-likeness (QED) is 0.641. The van der Waals surface area contributed by atoms with Crippen molar-refractivity contribution in [2.45, 2.75) is 37.5 Å². The van der Waals surface area contributed by atoms with E-state index in [2.05, 4.69) is 64.8 Å². The van der Waals surface area contributed by atoms with Crippen LogP contribution in [0.4, 0.5) is 0 Å². The number of rotatable bonds is 4. The van der Waals surface area contributed by atoms with Crippen LogP contribution >= 0.6 is 0 Å². The molecule has 0 aliphatic carbocycles. The van der Waals surface area contributed by atoms with Crippen LogP contribution in [0.2, 0.25) is 0 Å². The van der Waals surface area contributed by atoms with Gasteiger partial charge in [0.25, 0.3) is 0 Å². The Morgan fingerprint density at radius 2 is 1.52 bits per heavy atom. The van der Waals surface area contributed by atoms with Gasteiger partial charge in [-0.15, -0.1) is 0 Å². The third-order valence-corrected chi connectivity index (χ3v) is 6.54. The van der Waals surface area contributed by atoms with Gasteiger partial charge in [0.15, 0.2) is 0 Å². The van der Waals surface area contributed by atoms with E-state index < -0.39 is 0 Å². The normalized spacial score (nSPS) is 21.0. The van der Waals surface area contributed by atoms with Gasteiger partial charge in [0.05, 0.1) is 0 Å². The summed E-state index contributed by atoms with van der Waals surface area (Å²) in [5, 5.41) is 14.4. The van der Waals surface area contributed by atoms with Gasteiger partial charge in [-0.1, -0.05) is 78.9 Å². The molecule has 158 valence electrons. The molecule has 1 atom stereocenters. The molecule has 2 aliphatic heterocycles. The number of nitrogens with one attached hydrogen (secondary N) is 1. The second-order valence-electron chi connectivity index (χ2n) is 8.68. The number of benzene rings is 3. The van der Waals surface area contributed by atoms with Gasteiger partial charge in [0.2, 0.25) is 0 Å². The molecular formula is C27H29N3O. The van der Waals surface area contributed by atoms with Crippen LogP contribution in [0.15, 0.2) is 89.9 Å². The SMILES string of the molecule is Oc1ccccc1[C@@H]1CC(c2ccccc2)=NC2(CCN(Cc3ccccc3)CC2)N1. The Kier molecular flexibility index (Phi) is 5.58. The number of phenols is 1. The van der Waals surface area contributed by atoms with Crippen LogP contribution in [0.1, 0.15) is 42.0 Å². The molecule has 4 heteroatoms. The van der Waals surface area contributed by atoms with Crippen LogP contribution in [0.5, 0.6) is 5.75 Å². The van der Waals surface area contributed by atoms with E-state index >= 15 is 0 Å². The maximum Gasteiger partial charge on any atom is 0.120 e. The molecule has 0 bridgehead atoms. The number of likely N-dealkylation sites (tertiary alicyclic amines) is 1. The number of phenolic OH excluding ortho intramolecular Hbond substituents is 1. The molecule has 1 fully saturated rings. The molecule has 0 aromatic heterocycles. The maximum atomic E-state index is 10.5. The Labute approximate surface area is 184 Å². The molecule has 5 rings (SSSR count). The summed E-state index contributed by atoms with van der Waals surface area (Å²) < 4.78 is 0. The summed E-state index contributed by atoms with van der Waals surface area (Å²) in [6, 6.07) is 28.9. The lowest BCUT2D eigenvalue weighted by molar-refractivity contribution is 0.120. The highest BCUT2D eigenvalue weighted by molar-refractivity contribution is 6.01. The van der Waals surface area contributed by atoms with Crippen LogP contribution in [0.25, 0.3) is 0 Å². The molecule has 3 aromatic rings. The van der Waals surface area contributed by atoms with Crippen LogP contribution in [-0.2, 0) is 6.54 Å². The smallest absolute Gasteiger partial charge is 0.120 e. The Balaban J connectivity index is 1.40. The van der Waals surface area contributed by atoms with Crippen LogP contribution in [0, 0.1) is 0 Å². The zero-order chi connectivity index (χ0) is 21.1. The van der Waals surface area contributed by atoms with Crippen molar-refractivity contribution >= 4 is 5.71 Å². The lowest BCUT2D eigenvalue weighted by Gasteiger charge is -2.45. The van der Waals surface area contributed by atoms with E-state index in [9.17, 15) is 5.11 Å². The van der Waals surface area contributed by atoms with Crippen LogP contribution < -0.4 is 5.32 Å². The molecule has 1 spiro atoms. The van der Waals surface area contributed by atoms with Gasteiger partial charge in [-0.25, -0.2) is 0 Å². The average molecular weight is 412 g/mol. The second kappa shape index (κ2) is 8.66. The van der Waals surface area contributed by atoms with Gasteiger partial charge in [-0.05, 0) is 30.0 Å². The summed E-state index contributed by atoms with van der Waals surface area (Å²) in [5.74, 6) is 0.353. The molecule has 3 aromatic carbocycles. The highest BCUT2D eigenvalue weighted by Gasteiger charge is 2.40. The number of piperidine rings is 1. The Morgan fingerprint density at radius 1 is 0.871 bits per heavy atom. The Bertz CT molecular complexity index is 1040. The Morgan fingerprint density at radius 3 is 2.23 bits per heavy atom. The molecule has 1 saturated heterocycles. The first-order chi connectivity index (χ1) is 15.2. The summed E-state index contributed by atoms with van der Waals surface area (Å²) in [6.45, 7) is 2.98. The zero-order valence-corrected chi connectivity index (χ0v) is 17.7. The highest BCUT2D eigenvalue weighted by Crippen LogP contribution is 2.37. The third-order valence-electron chi connectivity index (χ3n) is 6.54. The summed E-state index contributed by atoms with van der Waals surface area (Å²) >= 11 is 0. The minimum Gasteiger partial charge on any atom is -0.508 e. The molecule has 0 radical (unpaired) electrons. The molecule has 4 nitrogen and oxygen atoms in total. The lowest BCUT2D eigenvalue weighted by atomic mass is 9.87. The first-order valence-electron chi connectivity index (χ1n) is 11.2. The minimum atomic E-state index is -0.288. The van der Waals surface area contributed by atoms with E-state index in [0.717, 1.165) is 50.2 Å². The number of aliphatic imine (C=N–C) groups is 1. The van der Waals surface area contributed by atoms with Crippen molar-refractivity contribution in [3.63, 3.8) is 0 Å². The van der Waals surface area contributed by atoms with Gasteiger partial charge >= 0.3 is 0 Å². The molecule has 31 heavy (non-hydrogen) atoms. The second-order valence-corrected chi connectivity index (χ2v) is 8.68. The van der Waals surface area contributed by atoms with Crippen molar-refractivity contribution in [3.05, 3.63) is 102 Å². The summed E-state index contributed by atoms with van der Waals surface area (Å²) in [7, 11) is 0. The van der Waals surface area contributed by atoms with Crippen molar-refractivity contribution in [2.75, 3.05) is 13.1 Å². The molecule has 0 amide bonds. The topological polar surface area (TPSA) is 47.9 Å². The maximum absolute atomic E-state index is 10.5. The molecule has 0 saturated carbocycles. The number of nitrogens with zero attached hydrogens (tertiary/aromatic N) is 2. The minimum absolute atomic E-state index is 0.0505. The number of aromatic hydroxyl groups is 1. The van der Waals surface area contributed by atoms with E-state index in [1.165, 1.54) is 11.1 Å². The van der Waals surface area contributed by atoms with Gasteiger partial charge in [0.1, 0.15) is 11.4 Å². The summed E-state index contributed by atoms with van der Waals surface area (Å²) in [4.78, 5) is 7.80. The van der Waals surface area contributed by atoms with Crippen molar-refractivity contribution in [2.24, 2.45) is 4.99 Å². The Hall–Kier alpha value is -2.95. The van der Waals surface area contributed by atoms with Gasteiger partial charge in [-0.2, -0.15) is 0 Å². The van der Waals surface area contributed by atoms with E-state index in [4.69, 9.17) is 4.99 Å². The van der Waals surface area contributed by atoms with Gasteiger partial charge in [-0.3, -0.25) is 15.2 Å². The molecular weight excluding hydrogens is 382 g/mol. The van der Waals surface area contributed by atoms with E-state index in [1.807, 2.05) is 24.3 Å². The average Bonchev–Trinajstić information content (AvgIpc) is 2.82. The van der Waals surface area contributed by atoms with E-state index in [0.29, 0.717) is 5.75 Å². The van der Waals surface area contributed by atoms with Crippen molar-refractivity contribution in [1.29, 1.82) is 0 Å². The summed E-state index contributed by atoms with van der Waals surface area (Å²) in [6.07, 6.45) is 2.69. The van der Waals surface area contributed by atoms with E-state index in [-0.39, 0.29) is 11.7 Å². The van der Waals surface area contributed by atoms with Crippen molar-refractivity contribution in [1.82, 2.24) is 10.2 Å². The van der Waals surface area contributed by atoms with Crippen LogP contribution in [0.3, 0.4) is 0 Å². The molecule has 2 aliphatic rings.